The number of nitriles is 1. The van der Waals surface area contributed by atoms with Crippen molar-refractivity contribution in [1.29, 1.82) is 5.26 Å². The van der Waals surface area contributed by atoms with E-state index in [9.17, 15) is 26.0 Å². The molecule has 0 aliphatic rings. The highest BCUT2D eigenvalue weighted by atomic mass is 32.2. The number of anilines is 1. The molecule has 2 aromatic carbocycles. The molecule has 0 aliphatic heterocycles. The number of nitrogens with two attached hydrogens (primary N) is 1. The molecule has 24 heavy (non-hydrogen) atoms. The lowest BCUT2D eigenvalue weighted by Gasteiger charge is -2.11. The average Bonchev–Trinajstić information content (AvgIpc) is 2.46. The smallest absolute Gasteiger partial charge is 0.268 e. The molecule has 0 aromatic heterocycles. The van der Waals surface area contributed by atoms with Crippen LogP contribution in [0.3, 0.4) is 0 Å². The second kappa shape index (κ2) is 6.10. The Bertz CT molecular complexity index is 934. The fourth-order valence-corrected chi connectivity index (χ4v) is 2.46. The van der Waals surface area contributed by atoms with E-state index in [1.165, 1.54) is 6.07 Å². The summed E-state index contributed by atoms with van der Waals surface area (Å²) < 4.78 is 75.5. The van der Waals surface area contributed by atoms with Crippen molar-refractivity contribution in [3.63, 3.8) is 0 Å². The SMILES string of the molecule is N#Cc1cc(C(F)(F)F)ccc1-c1ccc(NS(N)(=O)=O)c(F)c1. The molecular weight excluding hydrogens is 350 g/mol. The number of hydrogen-bond acceptors (Lipinski definition) is 3. The molecule has 0 fully saturated rings. The zero-order valence-electron chi connectivity index (χ0n) is 11.7. The molecule has 10 heteroatoms. The Kier molecular flexibility index (Phi) is 4.50. The second-order valence-electron chi connectivity index (χ2n) is 4.71. The van der Waals surface area contributed by atoms with Gasteiger partial charge < -0.3 is 0 Å². The molecule has 0 atom stereocenters. The van der Waals surface area contributed by atoms with Crippen molar-refractivity contribution in [3.8, 4) is 17.2 Å². The number of nitrogens with zero attached hydrogens (tertiary/aromatic N) is 1. The van der Waals surface area contributed by atoms with Crippen molar-refractivity contribution in [2.24, 2.45) is 5.14 Å². The Morgan fingerprint density at radius 3 is 2.29 bits per heavy atom. The van der Waals surface area contributed by atoms with Crippen LogP contribution >= 0.6 is 0 Å². The average molecular weight is 359 g/mol. The van der Waals surface area contributed by atoms with Gasteiger partial charge >= 0.3 is 6.18 Å². The number of nitrogens with one attached hydrogen (secondary N) is 1. The molecule has 0 radical (unpaired) electrons. The normalized spacial score (nSPS) is 11.8. The van der Waals surface area contributed by atoms with Crippen molar-refractivity contribution >= 4 is 15.9 Å². The maximum absolute atomic E-state index is 13.9. The van der Waals surface area contributed by atoms with Gasteiger partial charge in [0.05, 0.1) is 22.9 Å². The summed E-state index contributed by atoms with van der Waals surface area (Å²) in [4.78, 5) is 0. The highest BCUT2D eigenvalue weighted by molar-refractivity contribution is 7.90. The zero-order valence-corrected chi connectivity index (χ0v) is 12.5. The predicted octanol–water partition coefficient (Wildman–Crippen LogP) is 3.00. The highest BCUT2D eigenvalue weighted by Gasteiger charge is 2.31. The number of benzene rings is 2. The minimum Gasteiger partial charge on any atom is -0.268 e. The lowest BCUT2D eigenvalue weighted by Crippen LogP contribution is -2.22. The van der Waals surface area contributed by atoms with Gasteiger partial charge in [0, 0.05) is 0 Å². The van der Waals surface area contributed by atoms with E-state index in [0.29, 0.717) is 6.07 Å². The molecular formula is C14H9F4N3O2S. The fraction of sp³-hybridized carbons (Fsp3) is 0.0714. The molecule has 0 heterocycles. The Labute approximate surface area is 134 Å². The molecule has 0 amide bonds. The van der Waals surface area contributed by atoms with E-state index in [1.807, 2.05) is 0 Å². The molecule has 3 N–H and O–H groups in total. The largest absolute Gasteiger partial charge is 0.416 e. The van der Waals surface area contributed by atoms with Gasteiger partial charge in [-0.25, -0.2) is 9.53 Å². The van der Waals surface area contributed by atoms with Crippen LogP contribution in [0.5, 0.6) is 0 Å². The minimum absolute atomic E-state index is 0.0755. The standard InChI is InChI=1S/C14H9F4N3O2S/c15-12-6-8(1-4-13(12)21-24(20,22)23)11-3-2-10(14(16,17)18)5-9(11)7-19/h1-6,21H,(H2,20,22,23). The Morgan fingerprint density at radius 2 is 1.79 bits per heavy atom. The summed E-state index contributed by atoms with van der Waals surface area (Å²) in [5.74, 6) is -0.995. The van der Waals surface area contributed by atoms with E-state index < -0.39 is 33.5 Å². The van der Waals surface area contributed by atoms with Crippen LogP contribution in [0, 0.1) is 17.1 Å². The quantitative estimate of drug-likeness (QED) is 0.825. The van der Waals surface area contributed by atoms with Crippen molar-refractivity contribution < 1.29 is 26.0 Å². The molecule has 0 spiro atoms. The molecule has 5 nitrogen and oxygen atoms in total. The van der Waals surface area contributed by atoms with Gasteiger partial charge in [-0.3, -0.25) is 4.72 Å². The molecule has 0 saturated carbocycles. The van der Waals surface area contributed by atoms with Crippen LogP contribution in [0.15, 0.2) is 36.4 Å². The summed E-state index contributed by atoms with van der Waals surface area (Å²) in [6.45, 7) is 0. The molecule has 0 aliphatic carbocycles. The van der Waals surface area contributed by atoms with E-state index in [0.717, 1.165) is 24.3 Å². The van der Waals surface area contributed by atoms with E-state index in [2.05, 4.69) is 0 Å². The molecule has 0 unspecified atom stereocenters. The van der Waals surface area contributed by atoms with Gasteiger partial charge in [-0.1, -0.05) is 12.1 Å². The molecule has 2 rings (SSSR count). The first kappa shape index (κ1) is 17.7. The molecule has 0 bridgehead atoms. The van der Waals surface area contributed by atoms with Crippen LogP contribution < -0.4 is 9.86 Å². The maximum atomic E-state index is 13.9. The van der Waals surface area contributed by atoms with Gasteiger partial charge in [0.25, 0.3) is 10.2 Å². The van der Waals surface area contributed by atoms with E-state index in [1.54, 1.807) is 10.8 Å². The van der Waals surface area contributed by atoms with Crippen LogP contribution in [0.2, 0.25) is 0 Å². The van der Waals surface area contributed by atoms with Crippen molar-refractivity contribution in [1.82, 2.24) is 0 Å². The summed E-state index contributed by atoms with van der Waals surface area (Å²) in [6, 6.07) is 7.28. The van der Waals surface area contributed by atoms with Crippen LogP contribution in [0.4, 0.5) is 23.2 Å². The van der Waals surface area contributed by atoms with Crippen molar-refractivity contribution in [2.45, 2.75) is 6.18 Å². The molecule has 0 saturated heterocycles. The minimum atomic E-state index is -4.61. The van der Waals surface area contributed by atoms with E-state index in [4.69, 9.17) is 10.4 Å². The van der Waals surface area contributed by atoms with E-state index in [-0.39, 0.29) is 16.7 Å². The van der Waals surface area contributed by atoms with Crippen LogP contribution in [-0.2, 0) is 16.4 Å². The maximum Gasteiger partial charge on any atom is 0.416 e. The Hall–Kier alpha value is -2.64. The second-order valence-corrected chi connectivity index (χ2v) is 6.01. The van der Waals surface area contributed by atoms with Crippen LogP contribution in [0.1, 0.15) is 11.1 Å². The lowest BCUT2D eigenvalue weighted by molar-refractivity contribution is -0.137. The number of rotatable bonds is 3. The summed E-state index contributed by atoms with van der Waals surface area (Å²) in [6.07, 6.45) is -4.61. The first-order chi connectivity index (χ1) is 11.0. The third kappa shape index (κ3) is 4.01. The van der Waals surface area contributed by atoms with Gasteiger partial charge in [0.2, 0.25) is 0 Å². The van der Waals surface area contributed by atoms with Gasteiger partial charge in [0.15, 0.2) is 0 Å². The van der Waals surface area contributed by atoms with Crippen LogP contribution in [0.25, 0.3) is 11.1 Å². The third-order valence-corrected chi connectivity index (χ3v) is 3.50. The lowest BCUT2D eigenvalue weighted by atomic mass is 9.97. The summed E-state index contributed by atoms with van der Waals surface area (Å²) in [7, 11) is -4.18. The van der Waals surface area contributed by atoms with Gasteiger partial charge in [0.1, 0.15) is 5.82 Å². The fourth-order valence-electron chi connectivity index (χ4n) is 1.98. The summed E-state index contributed by atoms with van der Waals surface area (Å²) in [5, 5.41) is 13.8. The van der Waals surface area contributed by atoms with E-state index >= 15 is 0 Å². The first-order valence-corrected chi connectivity index (χ1v) is 7.78. The predicted molar refractivity (Wildman–Crippen MR) is 78.3 cm³/mol. The first-order valence-electron chi connectivity index (χ1n) is 6.23. The van der Waals surface area contributed by atoms with Gasteiger partial charge in [-0.15, -0.1) is 0 Å². The number of hydrogen-bond donors (Lipinski definition) is 2. The number of halogens is 4. The van der Waals surface area contributed by atoms with Gasteiger partial charge in [-0.2, -0.15) is 26.9 Å². The monoisotopic (exact) mass is 359 g/mol. The molecule has 126 valence electrons. The van der Waals surface area contributed by atoms with Crippen molar-refractivity contribution in [2.75, 3.05) is 4.72 Å². The van der Waals surface area contributed by atoms with Gasteiger partial charge in [-0.05, 0) is 35.4 Å². The summed E-state index contributed by atoms with van der Waals surface area (Å²) >= 11 is 0. The van der Waals surface area contributed by atoms with Crippen molar-refractivity contribution in [3.05, 3.63) is 53.3 Å². The Balaban J connectivity index is 2.50. The topological polar surface area (TPSA) is 96.0 Å². The highest BCUT2D eigenvalue weighted by Crippen LogP contribution is 2.34. The zero-order chi connectivity index (χ0) is 18.1. The van der Waals surface area contributed by atoms with Crippen LogP contribution in [-0.4, -0.2) is 8.42 Å². The summed E-state index contributed by atoms with van der Waals surface area (Å²) in [5.41, 5.74) is -1.54. The third-order valence-electron chi connectivity index (χ3n) is 3.00. The number of alkyl halides is 3. The molecule has 2 aromatic rings. The Morgan fingerprint density at radius 1 is 1.12 bits per heavy atom.